The molecule has 3 rings (SSSR count). The SMILES string of the molecule is COc1cc(C=NNC(=O)CNC(=O)c2ccccc2)ccc1OC(=O)c1ccccc1. The van der Waals surface area contributed by atoms with E-state index in [9.17, 15) is 14.4 Å². The van der Waals surface area contributed by atoms with Crippen LogP contribution in [0.25, 0.3) is 0 Å². The highest BCUT2D eigenvalue weighted by Gasteiger charge is 2.12. The van der Waals surface area contributed by atoms with E-state index in [2.05, 4.69) is 15.8 Å². The van der Waals surface area contributed by atoms with Gasteiger partial charge in [-0.25, -0.2) is 10.2 Å². The number of ether oxygens (including phenoxy) is 2. The summed E-state index contributed by atoms with van der Waals surface area (Å²) < 4.78 is 10.7. The zero-order valence-electron chi connectivity index (χ0n) is 17.3. The lowest BCUT2D eigenvalue weighted by Crippen LogP contribution is -2.34. The fourth-order valence-corrected chi connectivity index (χ4v) is 2.65. The highest BCUT2D eigenvalue weighted by Crippen LogP contribution is 2.28. The molecule has 0 aliphatic heterocycles. The monoisotopic (exact) mass is 431 g/mol. The Bertz CT molecular complexity index is 1110. The first-order valence-corrected chi connectivity index (χ1v) is 9.67. The van der Waals surface area contributed by atoms with Crippen LogP contribution in [0.15, 0.2) is 84.0 Å². The van der Waals surface area contributed by atoms with Gasteiger partial charge in [0.2, 0.25) is 0 Å². The molecule has 0 fully saturated rings. The molecule has 162 valence electrons. The number of rotatable bonds is 8. The third kappa shape index (κ3) is 6.27. The molecule has 0 heterocycles. The van der Waals surface area contributed by atoms with Crippen molar-refractivity contribution < 1.29 is 23.9 Å². The van der Waals surface area contributed by atoms with Crippen LogP contribution >= 0.6 is 0 Å². The molecule has 8 heteroatoms. The van der Waals surface area contributed by atoms with Crippen LogP contribution in [0.5, 0.6) is 11.5 Å². The van der Waals surface area contributed by atoms with Gasteiger partial charge in [0, 0.05) is 5.56 Å². The maximum Gasteiger partial charge on any atom is 0.343 e. The first kappa shape index (κ1) is 22.2. The summed E-state index contributed by atoms with van der Waals surface area (Å²) in [5, 5.41) is 6.38. The van der Waals surface area contributed by atoms with Crippen molar-refractivity contribution in [3.63, 3.8) is 0 Å². The lowest BCUT2D eigenvalue weighted by atomic mass is 10.2. The number of carbonyl (C=O) groups excluding carboxylic acids is 3. The molecule has 0 saturated heterocycles. The summed E-state index contributed by atoms with van der Waals surface area (Å²) in [5.41, 5.74) is 3.82. The molecule has 0 spiro atoms. The van der Waals surface area contributed by atoms with Crippen molar-refractivity contribution in [2.75, 3.05) is 13.7 Å². The summed E-state index contributed by atoms with van der Waals surface area (Å²) in [5.74, 6) is -0.748. The van der Waals surface area contributed by atoms with Crippen LogP contribution in [0.2, 0.25) is 0 Å². The number of hydrogen-bond donors (Lipinski definition) is 2. The van der Waals surface area contributed by atoms with Gasteiger partial charge in [-0.1, -0.05) is 36.4 Å². The summed E-state index contributed by atoms with van der Waals surface area (Å²) in [4.78, 5) is 36.0. The van der Waals surface area contributed by atoms with Crippen LogP contribution < -0.4 is 20.2 Å². The standard InChI is InChI=1S/C24H21N3O5/c1-31-21-14-17(12-13-20(21)32-24(30)19-10-6-3-7-11-19)15-26-27-22(28)16-25-23(29)18-8-4-2-5-9-18/h2-15H,16H2,1H3,(H,25,29)(H,27,28). The Kier molecular flexibility index (Phi) is 7.69. The van der Waals surface area contributed by atoms with Crippen molar-refractivity contribution >= 4 is 24.0 Å². The van der Waals surface area contributed by atoms with Crippen molar-refractivity contribution in [2.24, 2.45) is 5.10 Å². The van der Waals surface area contributed by atoms with Crippen LogP contribution in [0.4, 0.5) is 0 Å². The predicted octanol–water partition coefficient (Wildman–Crippen LogP) is 2.79. The molecule has 3 aromatic carbocycles. The molecule has 0 aliphatic carbocycles. The molecule has 0 bridgehead atoms. The van der Waals surface area contributed by atoms with Crippen molar-refractivity contribution in [1.82, 2.24) is 10.7 Å². The predicted molar refractivity (Wildman–Crippen MR) is 119 cm³/mol. The lowest BCUT2D eigenvalue weighted by Gasteiger charge is -2.10. The topological polar surface area (TPSA) is 106 Å². The molecule has 0 saturated carbocycles. The van der Waals surface area contributed by atoms with Gasteiger partial charge in [0.15, 0.2) is 11.5 Å². The van der Waals surface area contributed by atoms with Crippen LogP contribution in [-0.2, 0) is 4.79 Å². The van der Waals surface area contributed by atoms with Gasteiger partial charge >= 0.3 is 5.97 Å². The Labute approximate surface area is 184 Å². The third-order valence-corrected chi connectivity index (χ3v) is 4.25. The molecular formula is C24H21N3O5. The molecule has 0 radical (unpaired) electrons. The van der Waals surface area contributed by atoms with Crippen molar-refractivity contribution in [1.29, 1.82) is 0 Å². The summed E-state index contributed by atoms with van der Waals surface area (Å²) in [6.45, 7) is -0.219. The smallest absolute Gasteiger partial charge is 0.343 e. The van der Waals surface area contributed by atoms with E-state index in [1.807, 2.05) is 6.07 Å². The van der Waals surface area contributed by atoms with E-state index in [-0.39, 0.29) is 18.2 Å². The third-order valence-electron chi connectivity index (χ3n) is 4.25. The fraction of sp³-hybridized carbons (Fsp3) is 0.0833. The molecule has 0 unspecified atom stereocenters. The van der Waals surface area contributed by atoms with E-state index in [0.717, 1.165) is 0 Å². The minimum atomic E-state index is -0.505. The molecule has 2 N–H and O–H groups in total. The van der Waals surface area contributed by atoms with Gasteiger partial charge in [0.25, 0.3) is 11.8 Å². The summed E-state index contributed by atoms with van der Waals surface area (Å²) >= 11 is 0. The zero-order valence-corrected chi connectivity index (χ0v) is 17.3. The van der Waals surface area contributed by atoms with Gasteiger partial charge in [-0.2, -0.15) is 5.10 Å². The number of benzene rings is 3. The zero-order chi connectivity index (χ0) is 22.8. The maximum atomic E-state index is 12.2. The molecule has 3 aromatic rings. The molecule has 0 aliphatic rings. The Morgan fingerprint density at radius 1 is 0.875 bits per heavy atom. The van der Waals surface area contributed by atoms with Gasteiger partial charge in [-0.3, -0.25) is 9.59 Å². The van der Waals surface area contributed by atoms with Gasteiger partial charge in [-0.05, 0) is 48.0 Å². The molecule has 0 aromatic heterocycles. The minimum Gasteiger partial charge on any atom is -0.493 e. The number of carbonyl (C=O) groups is 3. The highest BCUT2D eigenvalue weighted by atomic mass is 16.6. The van der Waals surface area contributed by atoms with Crippen LogP contribution in [-0.4, -0.2) is 37.7 Å². The Balaban J connectivity index is 1.53. The quantitative estimate of drug-likeness (QED) is 0.247. The van der Waals surface area contributed by atoms with Gasteiger partial charge in [0.05, 0.1) is 25.4 Å². The molecule has 0 atom stereocenters. The van der Waals surface area contributed by atoms with E-state index < -0.39 is 11.9 Å². The van der Waals surface area contributed by atoms with E-state index in [1.54, 1.807) is 72.8 Å². The summed E-state index contributed by atoms with van der Waals surface area (Å²) in [6, 6.07) is 22.0. The van der Waals surface area contributed by atoms with Crippen molar-refractivity contribution in [3.05, 3.63) is 95.6 Å². The second kappa shape index (κ2) is 11.1. The maximum absolute atomic E-state index is 12.2. The van der Waals surface area contributed by atoms with E-state index in [4.69, 9.17) is 9.47 Å². The highest BCUT2D eigenvalue weighted by molar-refractivity contribution is 5.96. The minimum absolute atomic E-state index is 0.219. The van der Waals surface area contributed by atoms with Crippen LogP contribution in [0.1, 0.15) is 26.3 Å². The molecule has 2 amide bonds. The Hall–Kier alpha value is -4.46. The second-order valence-electron chi connectivity index (χ2n) is 6.51. The van der Waals surface area contributed by atoms with Crippen LogP contribution in [0.3, 0.4) is 0 Å². The molecule has 8 nitrogen and oxygen atoms in total. The number of nitrogens with zero attached hydrogens (tertiary/aromatic N) is 1. The number of hydrazone groups is 1. The second-order valence-corrected chi connectivity index (χ2v) is 6.51. The largest absolute Gasteiger partial charge is 0.493 e. The van der Waals surface area contributed by atoms with Crippen LogP contribution in [0, 0.1) is 0 Å². The summed E-state index contributed by atoms with van der Waals surface area (Å²) in [7, 11) is 1.45. The Morgan fingerprint density at radius 3 is 2.19 bits per heavy atom. The fourth-order valence-electron chi connectivity index (χ4n) is 2.65. The van der Waals surface area contributed by atoms with Crippen molar-refractivity contribution in [3.8, 4) is 11.5 Å². The number of nitrogens with one attached hydrogen (secondary N) is 2. The number of esters is 1. The first-order chi connectivity index (χ1) is 15.6. The first-order valence-electron chi connectivity index (χ1n) is 9.67. The van der Waals surface area contributed by atoms with E-state index in [0.29, 0.717) is 22.4 Å². The average Bonchev–Trinajstić information content (AvgIpc) is 2.84. The van der Waals surface area contributed by atoms with E-state index in [1.165, 1.54) is 13.3 Å². The number of amides is 2. The van der Waals surface area contributed by atoms with E-state index >= 15 is 0 Å². The molecule has 32 heavy (non-hydrogen) atoms. The number of methoxy groups -OCH3 is 1. The van der Waals surface area contributed by atoms with Gasteiger partial charge in [-0.15, -0.1) is 0 Å². The lowest BCUT2D eigenvalue weighted by molar-refractivity contribution is -0.120. The van der Waals surface area contributed by atoms with Crippen molar-refractivity contribution in [2.45, 2.75) is 0 Å². The van der Waals surface area contributed by atoms with Gasteiger partial charge < -0.3 is 14.8 Å². The normalized spacial score (nSPS) is 10.4. The molecular weight excluding hydrogens is 410 g/mol. The average molecular weight is 431 g/mol. The summed E-state index contributed by atoms with van der Waals surface area (Å²) in [6.07, 6.45) is 1.40. The van der Waals surface area contributed by atoms with Gasteiger partial charge in [0.1, 0.15) is 0 Å². The Morgan fingerprint density at radius 2 is 1.53 bits per heavy atom. The number of hydrogen-bond acceptors (Lipinski definition) is 6.